The van der Waals surface area contributed by atoms with E-state index in [0.717, 1.165) is 31.5 Å². The van der Waals surface area contributed by atoms with Crippen molar-refractivity contribution < 1.29 is 14.7 Å². The van der Waals surface area contributed by atoms with E-state index in [2.05, 4.69) is 0 Å². The van der Waals surface area contributed by atoms with Gasteiger partial charge >= 0.3 is 5.97 Å². The standard InChI is InChI=1S/C14H17NO3/c16-13(17)10-11-4-6-12(7-5-11)14(18)15-8-2-1-3-9-15/h4-7H,1-3,8-10H2,(H,16,17). The molecule has 1 aliphatic heterocycles. The molecule has 0 spiro atoms. The number of piperidine rings is 1. The summed E-state index contributed by atoms with van der Waals surface area (Å²) < 4.78 is 0. The zero-order valence-electron chi connectivity index (χ0n) is 10.3. The van der Waals surface area contributed by atoms with Crippen LogP contribution in [0.2, 0.25) is 0 Å². The Morgan fingerprint density at radius 2 is 1.67 bits per heavy atom. The first-order valence-corrected chi connectivity index (χ1v) is 6.27. The van der Waals surface area contributed by atoms with Gasteiger partial charge in [-0.25, -0.2) is 0 Å². The summed E-state index contributed by atoms with van der Waals surface area (Å²) in [5.74, 6) is -0.804. The van der Waals surface area contributed by atoms with Crippen LogP contribution in [0.1, 0.15) is 35.2 Å². The molecule has 0 unspecified atom stereocenters. The van der Waals surface area contributed by atoms with Crippen LogP contribution in [0.3, 0.4) is 0 Å². The number of nitrogens with zero attached hydrogens (tertiary/aromatic N) is 1. The molecule has 1 aromatic carbocycles. The predicted octanol–water partition coefficient (Wildman–Crippen LogP) is 1.94. The van der Waals surface area contributed by atoms with Gasteiger partial charge in [-0.3, -0.25) is 9.59 Å². The van der Waals surface area contributed by atoms with Gasteiger partial charge in [0.15, 0.2) is 0 Å². The van der Waals surface area contributed by atoms with Crippen molar-refractivity contribution in [1.82, 2.24) is 4.90 Å². The van der Waals surface area contributed by atoms with Gasteiger partial charge in [-0.05, 0) is 37.0 Å². The van der Waals surface area contributed by atoms with Gasteiger partial charge in [0, 0.05) is 18.7 Å². The van der Waals surface area contributed by atoms with Crippen molar-refractivity contribution in [2.45, 2.75) is 25.7 Å². The zero-order chi connectivity index (χ0) is 13.0. The van der Waals surface area contributed by atoms with Gasteiger partial charge < -0.3 is 10.0 Å². The van der Waals surface area contributed by atoms with E-state index in [-0.39, 0.29) is 12.3 Å². The fourth-order valence-electron chi connectivity index (χ4n) is 2.22. The van der Waals surface area contributed by atoms with Crippen molar-refractivity contribution in [3.8, 4) is 0 Å². The molecule has 1 amide bonds. The SMILES string of the molecule is O=C(O)Cc1ccc(C(=O)N2CCCCC2)cc1. The third-order valence-electron chi connectivity index (χ3n) is 3.20. The van der Waals surface area contributed by atoms with Crippen molar-refractivity contribution >= 4 is 11.9 Å². The van der Waals surface area contributed by atoms with E-state index < -0.39 is 5.97 Å². The Kier molecular flexibility index (Phi) is 3.97. The van der Waals surface area contributed by atoms with Crippen LogP contribution in [0.5, 0.6) is 0 Å². The molecule has 0 atom stereocenters. The highest BCUT2D eigenvalue weighted by molar-refractivity contribution is 5.94. The van der Waals surface area contributed by atoms with Gasteiger partial charge in [-0.2, -0.15) is 0 Å². The van der Waals surface area contributed by atoms with E-state index >= 15 is 0 Å². The van der Waals surface area contributed by atoms with E-state index in [1.165, 1.54) is 6.42 Å². The summed E-state index contributed by atoms with van der Waals surface area (Å²) in [6, 6.07) is 6.86. The lowest BCUT2D eigenvalue weighted by Gasteiger charge is -2.26. The van der Waals surface area contributed by atoms with E-state index in [4.69, 9.17) is 5.11 Å². The number of hydrogen-bond acceptors (Lipinski definition) is 2. The lowest BCUT2D eigenvalue weighted by atomic mass is 10.1. The number of carbonyl (C=O) groups excluding carboxylic acids is 1. The molecule has 18 heavy (non-hydrogen) atoms. The second kappa shape index (κ2) is 5.67. The highest BCUT2D eigenvalue weighted by Crippen LogP contribution is 2.14. The summed E-state index contributed by atoms with van der Waals surface area (Å²) in [5, 5.41) is 8.67. The Hall–Kier alpha value is -1.84. The molecular formula is C14H17NO3. The maximum absolute atomic E-state index is 12.1. The van der Waals surface area contributed by atoms with Crippen molar-refractivity contribution in [3.05, 3.63) is 35.4 Å². The topological polar surface area (TPSA) is 57.6 Å². The van der Waals surface area contributed by atoms with Crippen molar-refractivity contribution in [2.24, 2.45) is 0 Å². The van der Waals surface area contributed by atoms with Crippen molar-refractivity contribution in [2.75, 3.05) is 13.1 Å². The first-order valence-electron chi connectivity index (χ1n) is 6.27. The number of amides is 1. The normalized spacial score (nSPS) is 15.4. The number of aliphatic carboxylic acids is 1. The fraction of sp³-hybridized carbons (Fsp3) is 0.429. The lowest BCUT2D eigenvalue weighted by Crippen LogP contribution is -2.35. The van der Waals surface area contributed by atoms with Crippen LogP contribution in [0.4, 0.5) is 0 Å². The van der Waals surface area contributed by atoms with Gasteiger partial charge in [-0.15, -0.1) is 0 Å². The van der Waals surface area contributed by atoms with Crippen LogP contribution in [-0.2, 0) is 11.2 Å². The number of benzene rings is 1. The highest BCUT2D eigenvalue weighted by atomic mass is 16.4. The largest absolute Gasteiger partial charge is 0.481 e. The molecule has 1 aromatic rings. The summed E-state index contributed by atoms with van der Waals surface area (Å²) in [4.78, 5) is 24.6. The van der Waals surface area contributed by atoms with Gasteiger partial charge in [0.1, 0.15) is 0 Å². The molecule has 2 rings (SSSR count). The maximum Gasteiger partial charge on any atom is 0.307 e. The highest BCUT2D eigenvalue weighted by Gasteiger charge is 2.17. The summed E-state index contributed by atoms with van der Waals surface area (Å²) in [6.07, 6.45) is 3.34. The molecule has 4 heteroatoms. The first kappa shape index (κ1) is 12.6. The molecule has 0 bridgehead atoms. The minimum absolute atomic E-state index is 0.00180. The number of likely N-dealkylation sites (tertiary alicyclic amines) is 1. The van der Waals surface area contributed by atoms with Crippen molar-refractivity contribution in [3.63, 3.8) is 0 Å². The van der Waals surface area contributed by atoms with E-state index in [1.54, 1.807) is 24.3 Å². The molecule has 1 fully saturated rings. The van der Waals surface area contributed by atoms with E-state index in [1.807, 2.05) is 4.90 Å². The van der Waals surface area contributed by atoms with Gasteiger partial charge in [0.2, 0.25) is 0 Å². The molecule has 1 aliphatic rings. The fourth-order valence-corrected chi connectivity index (χ4v) is 2.22. The molecular weight excluding hydrogens is 230 g/mol. The Bertz CT molecular complexity index is 433. The monoisotopic (exact) mass is 247 g/mol. The lowest BCUT2D eigenvalue weighted by molar-refractivity contribution is -0.136. The second-order valence-corrected chi connectivity index (χ2v) is 4.62. The predicted molar refractivity (Wildman–Crippen MR) is 67.5 cm³/mol. The van der Waals surface area contributed by atoms with Crippen LogP contribution in [0, 0.1) is 0 Å². The molecule has 0 saturated carbocycles. The average molecular weight is 247 g/mol. The third-order valence-corrected chi connectivity index (χ3v) is 3.20. The van der Waals surface area contributed by atoms with Crippen LogP contribution >= 0.6 is 0 Å². The van der Waals surface area contributed by atoms with Gasteiger partial charge in [-0.1, -0.05) is 12.1 Å². The number of carboxylic acids is 1. The summed E-state index contributed by atoms with van der Waals surface area (Å²) >= 11 is 0. The Labute approximate surface area is 106 Å². The van der Waals surface area contributed by atoms with Gasteiger partial charge in [0.25, 0.3) is 5.91 Å². The summed E-state index contributed by atoms with van der Waals surface area (Å²) in [5.41, 5.74) is 1.36. The smallest absolute Gasteiger partial charge is 0.307 e. The number of rotatable bonds is 3. The Morgan fingerprint density at radius 1 is 1.06 bits per heavy atom. The molecule has 96 valence electrons. The Balaban J connectivity index is 2.04. The summed E-state index contributed by atoms with van der Waals surface area (Å²) in [6.45, 7) is 1.66. The zero-order valence-corrected chi connectivity index (χ0v) is 10.3. The summed E-state index contributed by atoms with van der Waals surface area (Å²) in [7, 11) is 0. The third kappa shape index (κ3) is 3.09. The molecule has 0 aliphatic carbocycles. The number of carboxylic acid groups (broad SMARTS) is 1. The molecule has 1 heterocycles. The first-order chi connectivity index (χ1) is 8.66. The van der Waals surface area contributed by atoms with Crippen LogP contribution < -0.4 is 0 Å². The minimum Gasteiger partial charge on any atom is -0.481 e. The minimum atomic E-state index is -0.856. The number of carbonyl (C=O) groups is 2. The van der Waals surface area contributed by atoms with Crippen LogP contribution in [0.15, 0.2) is 24.3 Å². The van der Waals surface area contributed by atoms with E-state index in [0.29, 0.717) is 5.56 Å². The molecule has 0 radical (unpaired) electrons. The Morgan fingerprint density at radius 3 is 2.22 bits per heavy atom. The van der Waals surface area contributed by atoms with Crippen LogP contribution in [-0.4, -0.2) is 35.0 Å². The molecule has 4 nitrogen and oxygen atoms in total. The van der Waals surface area contributed by atoms with Gasteiger partial charge in [0.05, 0.1) is 6.42 Å². The maximum atomic E-state index is 12.1. The van der Waals surface area contributed by atoms with Crippen LogP contribution in [0.25, 0.3) is 0 Å². The molecule has 0 aromatic heterocycles. The second-order valence-electron chi connectivity index (χ2n) is 4.62. The van der Waals surface area contributed by atoms with Crippen molar-refractivity contribution in [1.29, 1.82) is 0 Å². The van der Waals surface area contributed by atoms with E-state index in [9.17, 15) is 9.59 Å². The average Bonchev–Trinajstić information content (AvgIpc) is 2.39. The number of hydrogen-bond donors (Lipinski definition) is 1. The molecule has 1 N–H and O–H groups in total. The quantitative estimate of drug-likeness (QED) is 0.888. The molecule has 1 saturated heterocycles.